The van der Waals surface area contributed by atoms with Gasteiger partial charge in [0.05, 0.1) is 16.1 Å². The SMILES string of the molecule is Cc1ccc(S(=O)(=O)N(C)c2ccc(C(=O)OC(C)c3nnc(C)o3)cc2)cc1. The van der Waals surface area contributed by atoms with Gasteiger partial charge < -0.3 is 9.15 Å². The predicted molar refractivity (Wildman–Crippen MR) is 106 cm³/mol. The first kappa shape index (κ1) is 20.5. The molecule has 152 valence electrons. The Hall–Kier alpha value is -3.20. The average molecular weight is 415 g/mol. The third-order valence-corrected chi connectivity index (χ3v) is 6.12. The van der Waals surface area contributed by atoms with E-state index >= 15 is 0 Å². The van der Waals surface area contributed by atoms with E-state index in [1.54, 1.807) is 50.2 Å². The van der Waals surface area contributed by atoms with Gasteiger partial charge in [-0.2, -0.15) is 0 Å². The van der Waals surface area contributed by atoms with Gasteiger partial charge in [-0.05, 0) is 50.2 Å². The van der Waals surface area contributed by atoms with Crippen LogP contribution in [0, 0.1) is 13.8 Å². The maximum Gasteiger partial charge on any atom is 0.338 e. The van der Waals surface area contributed by atoms with Crippen LogP contribution in [0.25, 0.3) is 0 Å². The summed E-state index contributed by atoms with van der Waals surface area (Å²) in [5, 5.41) is 7.52. The number of ether oxygens (including phenoxy) is 1. The number of anilines is 1. The van der Waals surface area contributed by atoms with Crippen LogP contribution in [0.5, 0.6) is 0 Å². The van der Waals surface area contributed by atoms with Crippen molar-refractivity contribution in [1.29, 1.82) is 0 Å². The first-order chi connectivity index (χ1) is 13.7. The number of aryl methyl sites for hydroxylation is 2. The highest BCUT2D eigenvalue weighted by atomic mass is 32.2. The van der Waals surface area contributed by atoms with Crippen molar-refractivity contribution >= 4 is 21.7 Å². The molecule has 1 aromatic heterocycles. The van der Waals surface area contributed by atoms with Gasteiger partial charge in [0, 0.05) is 14.0 Å². The van der Waals surface area contributed by atoms with Crippen LogP contribution in [-0.4, -0.2) is 31.6 Å². The first-order valence-corrected chi connectivity index (χ1v) is 10.3. The summed E-state index contributed by atoms with van der Waals surface area (Å²) >= 11 is 0. The Bertz CT molecular complexity index is 1110. The molecule has 0 radical (unpaired) electrons. The molecule has 3 aromatic rings. The number of hydrogen-bond acceptors (Lipinski definition) is 7. The molecule has 0 spiro atoms. The van der Waals surface area contributed by atoms with Gasteiger partial charge in [0.15, 0.2) is 6.10 Å². The van der Waals surface area contributed by atoms with Crippen molar-refractivity contribution in [3.63, 3.8) is 0 Å². The highest BCUT2D eigenvalue weighted by molar-refractivity contribution is 7.92. The lowest BCUT2D eigenvalue weighted by molar-refractivity contribution is 0.0277. The van der Waals surface area contributed by atoms with E-state index in [9.17, 15) is 13.2 Å². The lowest BCUT2D eigenvalue weighted by atomic mass is 10.2. The molecule has 1 unspecified atom stereocenters. The average Bonchev–Trinajstić information content (AvgIpc) is 3.14. The second-order valence-corrected chi connectivity index (χ2v) is 8.51. The molecular formula is C20H21N3O5S. The van der Waals surface area contributed by atoms with Crippen molar-refractivity contribution in [1.82, 2.24) is 10.2 Å². The fourth-order valence-electron chi connectivity index (χ4n) is 2.57. The molecular weight excluding hydrogens is 394 g/mol. The molecule has 0 amide bonds. The summed E-state index contributed by atoms with van der Waals surface area (Å²) in [6, 6.07) is 12.7. The zero-order valence-electron chi connectivity index (χ0n) is 16.5. The van der Waals surface area contributed by atoms with Gasteiger partial charge in [-0.1, -0.05) is 17.7 Å². The van der Waals surface area contributed by atoms with Crippen LogP contribution in [0.3, 0.4) is 0 Å². The fourth-order valence-corrected chi connectivity index (χ4v) is 3.77. The van der Waals surface area contributed by atoms with Crippen molar-refractivity contribution in [3.8, 4) is 0 Å². The molecule has 0 N–H and O–H groups in total. The Balaban J connectivity index is 1.73. The summed E-state index contributed by atoms with van der Waals surface area (Å²) in [6.07, 6.45) is -0.701. The van der Waals surface area contributed by atoms with Crippen LogP contribution in [0.2, 0.25) is 0 Å². The number of hydrogen-bond donors (Lipinski definition) is 0. The van der Waals surface area contributed by atoms with Crippen molar-refractivity contribution in [2.24, 2.45) is 0 Å². The van der Waals surface area contributed by atoms with Gasteiger partial charge in [-0.25, -0.2) is 13.2 Å². The number of esters is 1. The zero-order chi connectivity index (χ0) is 21.2. The van der Waals surface area contributed by atoms with Crippen molar-refractivity contribution in [2.75, 3.05) is 11.4 Å². The molecule has 0 bridgehead atoms. The van der Waals surface area contributed by atoms with Gasteiger partial charge in [-0.15, -0.1) is 10.2 Å². The predicted octanol–water partition coefficient (Wildman–Crippen LogP) is 3.43. The molecule has 8 nitrogen and oxygen atoms in total. The highest BCUT2D eigenvalue weighted by Gasteiger charge is 2.22. The molecule has 9 heteroatoms. The van der Waals surface area contributed by atoms with Crippen LogP contribution in [0.15, 0.2) is 57.8 Å². The van der Waals surface area contributed by atoms with Gasteiger partial charge in [-0.3, -0.25) is 4.31 Å². The van der Waals surface area contributed by atoms with Gasteiger partial charge in [0.2, 0.25) is 5.89 Å². The summed E-state index contributed by atoms with van der Waals surface area (Å²) in [5.74, 6) is 0.00502. The number of carbonyl (C=O) groups is 1. The molecule has 0 aliphatic heterocycles. The second-order valence-electron chi connectivity index (χ2n) is 6.54. The smallest absolute Gasteiger partial charge is 0.338 e. The van der Waals surface area contributed by atoms with E-state index in [0.717, 1.165) is 9.87 Å². The second kappa shape index (κ2) is 8.04. The fraction of sp³-hybridized carbons (Fsp3) is 0.250. The molecule has 0 saturated carbocycles. The molecule has 0 fully saturated rings. The van der Waals surface area contributed by atoms with Crippen molar-refractivity contribution in [2.45, 2.75) is 31.8 Å². The van der Waals surface area contributed by atoms with Crippen molar-refractivity contribution in [3.05, 3.63) is 71.4 Å². The Labute approximate surface area is 169 Å². The van der Waals surface area contributed by atoms with Gasteiger partial charge >= 0.3 is 5.97 Å². The molecule has 0 aliphatic carbocycles. The van der Waals surface area contributed by atoms with Crippen LogP contribution in [0.1, 0.15) is 40.7 Å². The van der Waals surface area contributed by atoms with E-state index in [2.05, 4.69) is 10.2 Å². The summed E-state index contributed by atoms with van der Waals surface area (Å²) in [6.45, 7) is 5.16. The van der Waals surface area contributed by atoms with Crippen LogP contribution >= 0.6 is 0 Å². The van der Waals surface area contributed by atoms with E-state index in [4.69, 9.17) is 9.15 Å². The number of benzene rings is 2. The number of rotatable bonds is 6. The monoisotopic (exact) mass is 415 g/mol. The standard InChI is InChI=1S/C20H21N3O5S/c1-13-5-11-18(12-6-13)29(25,26)23(4)17-9-7-16(8-10-17)20(24)27-14(2)19-22-21-15(3)28-19/h5-12,14H,1-4H3. The highest BCUT2D eigenvalue weighted by Crippen LogP contribution is 2.24. The lowest BCUT2D eigenvalue weighted by Gasteiger charge is -2.20. The lowest BCUT2D eigenvalue weighted by Crippen LogP contribution is -2.26. The normalized spacial score (nSPS) is 12.4. The summed E-state index contributed by atoms with van der Waals surface area (Å²) < 4.78 is 37.3. The van der Waals surface area contributed by atoms with E-state index in [1.807, 2.05) is 6.92 Å². The Morgan fingerprint density at radius 3 is 2.21 bits per heavy atom. The third kappa shape index (κ3) is 4.45. The maximum atomic E-state index is 12.8. The Morgan fingerprint density at radius 1 is 1.03 bits per heavy atom. The molecule has 3 rings (SSSR count). The zero-order valence-corrected chi connectivity index (χ0v) is 17.3. The Kier molecular flexibility index (Phi) is 5.69. The number of carbonyl (C=O) groups excluding carboxylic acids is 1. The van der Waals surface area contributed by atoms with E-state index in [0.29, 0.717) is 11.6 Å². The maximum absolute atomic E-state index is 12.8. The van der Waals surface area contributed by atoms with E-state index < -0.39 is 22.1 Å². The third-order valence-electron chi connectivity index (χ3n) is 4.32. The summed E-state index contributed by atoms with van der Waals surface area (Å²) in [5.41, 5.74) is 1.67. The largest absolute Gasteiger partial charge is 0.449 e. The molecule has 1 heterocycles. The quantitative estimate of drug-likeness (QED) is 0.568. The summed E-state index contributed by atoms with van der Waals surface area (Å²) in [4.78, 5) is 12.5. The molecule has 29 heavy (non-hydrogen) atoms. The van der Waals surface area contributed by atoms with Gasteiger partial charge in [0.25, 0.3) is 15.9 Å². The van der Waals surface area contributed by atoms with E-state index in [1.165, 1.54) is 19.2 Å². The number of nitrogens with zero attached hydrogens (tertiary/aromatic N) is 3. The minimum Gasteiger partial charge on any atom is -0.449 e. The van der Waals surface area contributed by atoms with Crippen molar-refractivity contribution < 1.29 is 22.4 Å². The molecule has 1 atom stereocenters. The Morgan fingerprint density at radius 2 is 1.66 bits per heavy atom. The van der Waals surface area contributed by atoms with Crippen LogP contribution < -0.4 is 4.31 Å². The molecule has 0 aliphatic rings. The topological polar surface area (TPSA) is 103 Å². The molecule has 0 saturated heterocycles. The van der Waals surface area contributed by atoms with Crippen LogP contribution in [-0.2, 0) is 14.8 Å². The number of sulfonamides is 1. The first-order valence-electron chi connectivity index (χ1n) is 8.85. The van der Waals surface area contributed by atoms with E-state index in [-0.39, 0.29) is 16.3 Å². The van der Waals surface area contributed by atoms with Crippen LogP contribution in [0.4, 0.5) is 5.69 Å². The minimum atomic E-state index is -3.71. The minimum absolute atomic E-state index is 0.192. The molecule has 2 aromatic carbocycles. The van der Waals surface area contributed by atoms with Gasteiger partial charge in [0.1, 0.15) is 0 Å². The summed E-state index contributed by atoms with van der Waals surface area (Å²) in [7, 11) is -2.24. The number of aromatic nitrogens is 2.